The molecule has 0 aliphatic carbocycles. The zero-order valence-corrected chi connectivity index (χ0v) is 14.5. The molecule has 128 valence electrons. The van der Waals surface area contributed by atoms with Crippen molar-refractivity contribution < 1.29 is 9.59 Å². The Morgan fingerprint density at radius 3 is 2.62 bits per heavy atom. The summed E-state index contributed by atoms with van der Waals surface area (Å²) in [5.41, 5.74) is 4.45. The number of hydrogen-bond donors (Lipinski definition) is 2. The van der Waals surface area contributed by atoms with E-state index in [1.54, 1.807) is 18.3 Å². The summed E-state index contributed by atoms with van der Waals surface area (Å²) in [7, 11) is 1.91. The van der Waals surface area contributed by atoms with Crippen LogP contribution in [0, 0.1) is 13.8 Å². The molecular formula is C17H23N5O2. The molecule has 0 saturated carbocycles. The van der Waals surface area contributed by atoms with Crippen molar-refractivity contribution >= 4 is 11.8 Å². The van der Waals surface area contributed by atoms with Crippen molar-refractivity contribution in [2.75, 3.05) is 6.54 Å². The third kappa shape index (κ3) is 4.41. The predicted octanol–water partition coefficient (Wildman–Crippen LogP) is 1.04. The van der Waals surface area contributed by atoms with Gasteiger partial charge in [0.25, 0.3) is 5.91 Å². The molecule has 24 heavy (non-hydrogen) atoms. The lowest BCUT2D eigenvalue weighted by Crippen LogP contribution is -2.26. The van der Waals surface area contributed by atoms with Gasteiger partial charge in [0, 0.05) is 38.0 Å². The Hall–Kier alpha value is -2.70. The number of hydrogen-bond acceptors (Lipinski definition) is 4. The molecular weight excluding hydrogens is 306 g/mol. The van der Waals surface area contributed by atoms with Crippen LogP contribution >= 0.6 is 0 Å². The van der Waals surface area contributed by atoms with Gasteiger partial charge in [-0.2, -0.15) is 5.10 Å². The van der Waals surface area contributed by atoms with E-state index in [0.29, 0.717) is 24.3 Å². The molecule has 0 aliphatic heterocycles. The maximum atomic E-state index is 12.3. The van der Waals surface area contributed by atoms with Crippen LogP contribution in [-0.4, -0.2) is 33.1 Å². The summed E-state index contributed by atoms with van der Waals surface area (Å²) >= 11 is 0. The minimum atomic E-state index is -0.152. The van der Waals surface area contributed by atoms with Crippen molar-refractivity contribution in [3.8, 4) is 0 Å². The normalized spacial score (nSPS) is 10.5. The van der Waals surface area contributed by atoms with E-state index in [2.05, 4.69) is 20.7 Å². The Kier molecular flexibility index (Phi) is 5.68. The molecule has 0 bridgehead atoms. The Morgan fingerprint density at radius 1 is 1.25 bits per heavy atom. The van der Waals surface area contributed by atoms with Gasteiger partial charge in [-0.05, 0) is 38.0 Å². The van der Waals surface area contributed by atoms with Gasteiger partial charge in [-0.1, -0.05) is 0 Å². The number of rotatable bonds is 6. The number of aryl methyl sites for hydroxylation is 2. The van der Waals surface area contributed by atoms with Crippen LogP contribution < -0.4 is 10.6 Å². The van der Waals surface area contributed by atoms with Crippen molar-refractivity contribution in [3.05, 3.63) is 46.5 Å². The number of carbonyl (C=O) groups is 2. The third-order valence-electron chi connectivity index (χ3n) is 3.92. The summed E-state index contributed by atoms with van der Waals surface area (Å²) < 4.78 is 1.85. The summed E-state index contributed by atoms with van der Waals surface area (Å²) in [4.78, 5) is 27.3. The van der Waals surface area contributed by atoms with Gasteiger partial charge in [-0.25, -0.2) is 0 Å². The molecule has 7 nitrogen and oxygen atoms in total. The molecule has 0 unspecified atom stereocenters. The number of amides is 2. The average Bonchev–Trinajstić information content (AvgIpc) is 2.79. The number of carbonyl (C=O) groups excluding carboxylic acids is 2. The summed E-state index contributed by atoms with van der Waals surface area (Å²) in [6, 6.07) is 3.35. The number of pyridine rings is 1. The van der Waals surface area contributed by atoms with Crippen molar-refractivity contribution in [1.29, 1.82) is 0 Å². The Labute approximate surface area is 141 Å². The van der Waals surface area contributed by atoms with E-state index in [-0.39, 0.29) is 11.8 Å². The number of nitrogens with one attached hydrogen (secondary N) is 2. The van der Waals surface area contributed by atoms with Crippen LogP contribution in [0.1, 0.15) is 39.9 Å². The fraction of sp³-hybridized carbons (Fsp3) is 0.412. The lowest BCUT2D eigenvalue weighted by molar-refractivity contribution is -0.119. The first-order valence-electron chi connectivity index (χ1n) is 7.85. The fourth-order valence-corrected chi connectivity index (χ4v) is 2.51. The third-order valence-corrected chi connectivity index (χ3v) is 3.92. The zero-order valence-electron chi connectivity index (χ0n) is 14.5. The van der Waals surface area contributed by atoms with Crippen LogP contribution in [0.25, 0.3) is 0 Å². The summed E-state index contributed by atoms with van der Waals surface area (Å²) in [6.07, 6.45) is 2.31. The van der Waals surface area contributed by atoms with Gasteiger partial charge in [0.15, 0.2) is 0 Å². The molecule has 0 aliphatic rings. The summed E-state index contributed by atoms with van der Waals surface area (Å²) in [5, 5.41) is 9.95. The predicted molar refractivity (Wildman–Crippen MR) is 90.5 cm³/mol. The maximum absolute atomic E-state index is 12.3. The van der Waals surface area contributed by atoms with Crippen LogP contribution in [0.4, 0.5) is 0 Å². The Bertz CT molecular complexity index is 751. The molecule has 2 rings (SSSR count). The van der Waals surface area contributed by atoms with Gasteiger partial charge in [-0.15, -0.1) is 0 Å². The molecule has 2 amide bonds. The second-order valence-corrected chi connectivity index (χ2v) is 5.72. The molecule has 2 aromatic rings. The molecule has 2 heterocycles. The molecule has 0 atom stereocenters. The van der Waals surface area contributed by atoms with Gasteiger partial charge in [0.05, 0.1) is 17.9 Å². The highest BCUT2D eigenvalue weighted by Gasteiger charge is 2.11. The molecule has 0 spiro atoms. The monoisotopic (exact) mass is 329 g/mol. The molecule has 0 saturated heterocycles. The maximum Gasteiger partial charge on any atom is 0.251 e. The van der Waals surface area contributed by atoms with Crippen molar-refractivity contribution in [3.63, 3.8) is 0 Å². The van der Waals surface area contributed by atoms with Gasteiger partial charge < -0.3 is 10.6 Å². The zero-order chi connectivity index (χ0) is 17.7. The topological polar surface area (TPSA) is 88.9 Å². The SMILES string of the molecule is CC(=O)NCc1cc(C(=O)NCCc2c(C)nn(C)c2C)ccn1. The Morgan fingerprint density at radius 2 is 2.00 bits per heavy atom. The van der Waals surface area contributed by atoms with Crippen molar-refractivity contribution in [1.82, 2.24) is 25.4 Å². The minimum absolute atomic E-state index is 0.131. The van der Waals surface area contributed by atoms with E-state index in [9.17, 15) is 9.59 Å². The average molecular weight is 329 g/mol. The first kappa shape index (κ1) is 17.7. The first-order valence-corrected chi connectivity index (χ1v) is 7.85. The minimum Gasteiger partial charge on any atom is -0.352 e. The summed E-state index contributed by atoms with van der Waals surface area (Å²) in [6.45, 7) is 6.29. The van der Waals surface area contributed by atoms with Gasteiger partial charge in [-0.3, -0.25) is 19.3 Å². The number of nitrogens with zero attached hydrogens (tertiary/aromatic N) is 3. The van der Waals surface area contributed by atoms with E-state index in [1.807, 2.05) is 25.6 Å². The second kappa shape index (κ2) is 7.72. The van der Waals surface area contributed by atoms with Crippen molar-refractivity contribution in [2.45, 2.75) is 33.7 Å². The lowest BCUT2D eigenvalue weighted by Gasteiger charge is -2.07. The lowest BCUT2D eigenvalue weighted by atomic mass is 10.1. The second-order valence-electron chi connectivity index (χ2n) is 5.72. The fourth-order valence-electron chi connectivity index (χ4n) is 2.51. The van der Waals surface area contributed by atoms with Crippen LogP contribution in [-0.2, 0) is 24.8 Å². The van der Waals surface area contributed by atoms with E-state index in [4.69, 9.17) is 0 Å². The summed E-state index contributed by atoms with van der Waals surface area (Å²) in [5.74, 6) is -0.283. The van der Waals surface area contributed by atoms with Gasteiger partial charge in [0.1, 0.15) is 0 Å². The van der Waals surface area contributed by atoms with Crippen LogP contribution in [0.5, 0.6) is 0 Å². The van der Waals surface area contributed by atoms with Crippen LogP contribution in [0.3, 0.4) is 0 Å². The van der Waals surface area contributed by atoms with Crippen LogP contribution in [0.15, 0.2) is 18.3 Å². The van der Waals surface area contributed by atoms with E-state index in [0.717, 1.165) is 17.8 Å². The van der Waals surface area contributed by atoms with Gasteiger partial charge in [0.2, 0.25) is 5.91 Å². The van der Waals surface area contributed by atoms with Crippen molar-refractivity contribution in [2.24, 2.45) is 7.05 Å². The van der Waals surface area contributed by atoms with E-state index >= 15 is 0 Å². The molecule has 0 fully saturated rings. The number of aromatic nitrogens is 3. The highest BCUT2D eigenvalue weighted by atomic mass is 16.2. The first-order chi connectivity index (χ1) is 11.4. The molecule has 0 aromatic carbocycles. The van der Waals surface area contributed by atoms with Crippen LogP contribution in [0.2, 0.25) is 0 Å². The molecule has 0 radical (unpaired) electrons. The van der Waals surface area contributed by atoms with Gasteiger partial charge >= 0.3 is 0 Å². The highest BCUT2D eigenvalue weighted by Crippen LogP contribution is 2.12. The molecule has 2 aromatic heterocycles. The van der Waals surface area contributed by atoms with E-state index in [1.165, 1.54) is 12.5 Å². The largest absolute Gasteiger partial charge is 0.352 e. The smallest absolute Gasteiger partial charge is 0.251 e. The van der Waals surface area contributed by atoms with E-state index < -0.39 is 0 Å². The Balaban J connectivity index is 1.92. The highest BCUT2D eigenvalue weighted by molar-refractivity contribution is 5.94. The molecule has 7 heteroatoms. The molecule has 2 N–H and O–H groups in total. The standard InChI is InChI=1S/C17H23N5O2/c1-11-16(12(2)22(4)21-11)6-8-19-17(24)14-5-7-18-15(9-14)10-20-13(3)23/h5,7,9H,6,8,10H2,1-4H3,(H,19,24)(H,20,23). The quantitative estimate of drug-likeness (QED) is 0.829.